The molecule has 0 spiro atoms. The van der Waals surface area contributed by atoms with E-state index >= 15 is 0 Å². The lowest BCUT2D eigenvalue weighted by Gasteiger charge is -2.31. The molecule has 18 heavy (non-hydrogen) atoms. The predicted octanol–water partition coefficient (Wildman–Crippen LogP) is 4.39. The van der Waals surface area contributed by atoms with E-state index in [-0.39, 0.29) is 0 Å². The number of likely N-dealkylation sites (tertiary alicyclic amines) is 1. The van der Waals surface area contributed by atoms with Crippen molar-refractivity contribution in [1.82, 2.24) is 4.90 Å². The van der Waals surface area contributed by atoms with Crippen LogP contribution in [0.2, 0.25) is 0 Å². The molecule has 0 atom stereocenters. The van der Waals surface area contributed by atoms with Gasteiger partial charge >= 0.3 is 0 Å². The molecule has 1 amide bonds. The zero-order valence-electron chi connectivity index (χ0n) is 12.6. The van der Waals surface area contributed by atoms with Gasteiger partial charge < -0.3 is 4.90 Å². The molecule has 0 aromatic carbocycles. The quantitative estimate of drug-likeness (QED) is 0.597. The number of hydrogen-bond donors (Lipinski definition) is 0. The van der Waals surface area contributed by atoms with Crippen LogP contribution in [-0.2, 0) is 4.79 Å². The van der Waals surface area contributed by atoms with Gasteiger partial charge in [-0.3, -0.25) is 4.79 Å². The van der Waals surface area contributed by atoms with Gasteiger partial charge in [-0.25, -0.2) is 0 Å². The number of amides is 1. The van der Waals surface area contributed by atoms with Crippen molar-refractivity contribution in [3.05, 3.63) is 0 Å². The van der Waals surface area contributed by atoms with Gasteiger partial charge in [0.05, 0.1) is 0 Å². The minimum Gasteiger partial charge on any atom is -0.343 e. The highest BCUT2D eigenvalue weighted by atomic mass is 16.2. The van der Waals surface area contributed by atoms with E-state index in [1.807, 2.05) is 0 Å². The zero-order chi connectivity index (χ0) is 13.4. The molecule has 1 rings (SSSR count). The van der Waals surface area contributed by atoms with E-state index in [2.05, 4.69) is 25.7 Å². The van der Waals surface area contributed by atoms with E-state index in [1.165, 1.54) is 44.9 Å². The Morgan fingerprint density at radius 3 is 2.17 bits per heavy atom. The summed E-state index contributed by atoms with van der Waals surface area (Å²) in [5.41, 5.74) is 0.453. The summed E-state index contributed by atoms with van der Waals surface area (Å²) in [7, 11) is 0. The first-order chi connectivity index (χ1) is 8.61. The number of rotatable bonds is 9. The molecule has 1 aliphatic rings. The maximum Gasteiger partial charge on any atom is 0.222 e. The van der Waals surface area contributed by atoms with Gasteiger partial charge in [0.25, 0.3) is 0 Å². The molecule has 0 saturated carbocycles. The Hall–Kier alpha value is -0.530. The van der Waals surface area contributed by atoms with E-state index in [0.29, 0.717) is 11.3 Å². The van der Waals surface area contributed by atoms with Crippen molar-refractivity contribution in [3.63, 3.8) is 0 Å². The SMILES string of the molecule is CCCCC(C)(CCCC)CCN1CCCC1=O. The van der Waals surface area contributed by atoms with E-state index in [4.69, 9.17) is 0 Å². The summed E-state index contributed by atoms with van der Waals surface area (Å²) >= 11 is 0. The molecule has 0 bridgehead atoms. The molecule has 2 heteroatoms. The zero-order valence-corrected chi connectivity index (χ0v) is 12.6. The Morgan fingerprint density at radius 2 is 1.72 bits per heavy atom. The van der Waals surface area contributed by atoms with Crippen LogP contribution in [0, 0.1) is 5.41 Å². The van der Waals surface area contributed by atoms with Gasteiger partial charge in [0, 0.05) is 19.5 Å². The van der Waals surface area contributed by atoms with Crippen molar-refractivity contribution in [1.29, 1.82) is 0 Å². The van der Waals surface area contributed by atoms with Crippen molar-refractivity contribution in [3.8, 4) is 0 Å². The van der Waals surface area contributed by atoms with Gasteiger partial charge in [-0.05, 0) is 31.1 Å². The van der Waals surface area contributed by atoms with Gasteiger partial charge in [-0.15, -0.1) is 0 Å². The number of nitrogens with zero attached hydrogens (tertiary/aromatic N) is 1. The fourth-order valence-electron chi connectivity index (χ4n) is 2.93. The molecular weight excluding hydrogens is 222 g/mol. The fourth-order valence-corrected chi connectivity index (χ4v) is 2.93. The molecule has 1 saturated heterocycles. The third-order valence-electron chi connectivity index (χ3n) is 4.42. The lowest BCUT2D eigenvalue weighted by Crippen LogP contribution is -2.30. The third-order valence-corrected chi connectivity index (χ3v) is 4.42. The lowest BCUT2D eigenvalue weighted by atomic mass is 9.77. The standard InChI is InChI=1S/C16H31NO/c1-4-6-10-16(3,11-7-5-2)12-14-17-13-8-9-15(17)18/h4-14H2,1-3H3. The van der Waals surface area contributed by atoms with E-state index in [9.17, 15) is 4.79 Å². The maximum absolute atomic E-state index is 11.6. The Morgan fingerprint density at radius 1 is 1.11 bits per heavy atom. The van der Waals surface area contributed by atoms with Crippen molar-refractivity contribution in [2.75, 3.05) is 13.1 Å². The van der Waals surface area contributed by atoms with Crippen LogP contribution < -0.4 is 0 Å². The smallest absolute Gasteiger partial charge is 0.222 e. The molecule has 0 N–H and O–H groups in total. The Balaban J connectivity index is 2.41. The van der Waals surface area contributed by atoms with Crippen LogP contribution in [-0.4, -0.2) is 23.9 Å². The third kappa shape index (κ3) is 4.99. The average molecular weight is 253 g/mol. The van der Waals surface area contributed by atoms with E-state index < -0.39 is 0 Å². The molecule has 1 aliphatic heterocycles. The molecule has 0 radical (unpaired) electrons. The van der Waals surface area contributed by atoms with Crippen LogP contribution >= 0.6 is 0 Å². The van der Waals surface area contributed by atoms with Crippen LogP contribution in [0.4, 0.5) is 0 Å². The van der Waals surface area contributed by atoms with Gasteiger partial charge in [-0.1, -0.05) is 46.5 Å². The van der Waals surface area contributed by atoms with Crippen LogP contribution in [0.3, 0.4) is 0 Å². The lowest BCUT2D eigenvalue weighted by molar-refractivity contribution is -0.128. The minimum absolute atomic E-state index is 0.378. The van der Waals surface area contributed by atoms with Crippen molar-refractivity contribution < 1.29 is 4.79 Å². The fraction of sp³-hybridized carbons (Fsp3) is 0.938. The summed E-state index contributed by atoms with van der Waals surface area (Å²) in [6, 6.07) is 0. The summed E-state index contributed by atoms with van der Waals surface area (Å²) < 4.78 is 0. The first-order valence-electron chi connectivity index (χ1n) is 7.89. The molecule has 106 valence electrons. The second-order valence-electron chi connectivity index (χ2n) is 6.25. The first kappa shape index (κ1) is 15.5. The number of carbonyl (C=O) groups excluding carboxylic acids is 1. The molecule has 1 fully saturated rings. The summed E-state index contributed by atoms with van der Waals surface area (Å²) in [6.07, 6.45) is 10.9. The predicted molar refractivity (Wildman–Crippen MR) is 77.6 cm³/mol. The van der Waals surface area contributed by atoms with Gasteiger partial charge in [0.2, 0.25) is 5.91 Å². The first-order valence-corrected chi connectivity index (χ1v) is 7.89. The molecule has 0 aliphatic carbocycles. The molecule has 2 nitrogen and oxygen atoms in total. The largest absolute Gasteiger partial charge is 0.343 e. The van der Waals surface area contributed by atoms with Crippen LogP contribution in [0.25, 0.3) is 0 Å². The highest BCUT2D eigenvalue weighted by Gasteiger charge is 2.26. The number of carbonyl (C=O) groups is 1. The highest BCUT2D eigenvalue weighted by Crippen LogP contribution is 2.34. The van der Waals surface area contributed by atoms with Crippen LogP contribution in [0.5, 0.6) is 0 Å². The second kappa shape index (κ2) is 7.81. The van der Waals surface area contributed by atoms with Crippen molar-refractivity contribution >= 4 is 5.91 Å². The minimum atomic E-state index is 0.378. The van der Waals surface area contributed by atoms with E-state index in [0.717, 1.165) is 25.9 Å². The molecule has 1 heterocycles. The Bertz CT molecular complexity index is 241. The summed E-state index contributed by atoms with van der Waals surface area (Å²) in [5.74, 6) is 0.378. The molecule has 0 aromatic heterocycles. The summed E-state index contributed by atoms with van der Waals surface area (Å²) in [4.78, 5) is 13.7. The van der Waals surface area contributed by atoms with Gasteiger partial charge in [-0.2, -0.15) is 0 Å². The van der Waals surface area contributed by atoms with Gasteiger partial charge in [0.15, 0.2) is 0 Å². The normalized spacial score (nSPS) is 16.6. The van der Waals surface area contributed by atoms with E-state index in [1.54, 1.807) is 0 Å². The second-order valence-corrected chi connectivity index (χ2v) is 6.25. The highest BCUT2D eigenvalue weighted by molar-refractivity contribution is 5.77. The molecule has 0 unspecified atom stereocenters. The molecule has 0 aromatic rings. The molecular formula is C16H31NO. The average Bonchev–Trinajstić information content (AvgIpc) is 2.77. The summed E-state index contributed by atoms with van der Waals surface area (Å²) in [5, 5.41) is 0. The summed E-state index contributed by atoms with van der Waals surface area (Å²) in [6.45, 7) is 8.95. The van der Waals surface area contributed by atoms with Crippen LogP contribution in [0.1, 0.15) is 78.6 Å². The maximum atomic E-state index is 11.6. The topological polar surface area (TPSA) is 20.3 Å². The van der Waals surface area contributed by atoms with Crippen molar-refractivity contribution in [2.24, 2.45) is 5.41 Å². The number of hydrogen-bond acceptors (Lipinski definition) is 1. The Labute approximate surface area is 113 Å². The number of unbranched alkanes of at least 4 members (excludes halogenated alkanes) is 2. The van der Waals surface area contributed by atoms with Gasteiger partial charge in [0.1, 0.15) is 0 Å². The van der Waals surface area contributed by atoms with Crippen molar-refractivity contribution in [2.45, 2.75) is 78.6 Å². The monoisotopic (exact) mass is 253 g/mol. The Kier molecular flexibility index (Phi) is 6.73. The van der Waals surface area contributed by atoms with Crippen LogP contribution in [0.15, 0.2) is 0 Å².